The van der Waals surface area contributed by atoms with Gasteiger partial charge in [0, 0.05) is 29.5 Å². The van der Waals surface area contributed by atoms with E-state index in [2.05, 4.69) is 17.4 Å². The fraction of sp³-hybridized carbons (Fsp3) is 0.323. The summed E-state index contributed by atoms with van der Waals surface area (Å²) in [6.07, 6.45) is -1.15. The molecule has 0 unspecified atom stereocenters. The van der Waals surface area contributed by atoms with Gasteiger partial charge in [0.25, 0.3) is 0 Å². The van der Waals surface area contributed by atoms with Crippen LogP contribution in [-0.4, -0.2) is 46.9 Å². The predicted molar refractivity (Wildman–Crippen MR) is 154 cm³/mol. The molecule has 40 heavy (non-hydrogen) atoms. The van der Waals surface area contributed by atoms with Crippen LogP contribution in [0.3, 0.4) is 0 Å². The Morgan fingerprint density at radius 2 is 1.57 bits per heavy atom. The Labute approximate surface area is 238 Å². The minimum atomic E-state index is -0.961. The monoisotopic (exact) mass is 564 g/mol. The number of ether oxygens (including phenoxy) is 2. The fourth-order valence-corrected chi connectivity index (χ4v) is 5.02. The van der Waals surface area contributed by atoms with E-state index in [1.807, 2.05) is 36.4 Å². The first kappa shape index (κ1) is 29.0. The number of amides is 2. The zero-order valence-electron chi connectivity index (χ0n) is 22.8. The van der Waals surface area contributed by atoms with Crippen molar-refractivity contribution in [3.63, 3.8) is 0 Å². The second-order valence-corrected chi connectivity index (χ2v) is 11.0. The van der Waals surface area contributed by atoms with E-state index in [9.17, 15) is 14.4 Å². The number of hydrogen-bond acceptors (Lipinski definition) is 5. The van der Waals surface area contributed by atoms with E-state index >= 15 is 0 Å². The normalized spacial score (nSPS) is 12.3. The Bertz CT molecular complexity index is 1360. The topological polar surface area (TPSA) is 105 Å². The molecule has 0 saturated heterocycles. The van der Waals surface area contributed by atoms with E-state index in [0.29, 0.717) is 16.3 Å². The van der Waals surface area contributed by atoms with Crippen molar-refractivity contribution in [1.82, 2.24) is 4.90 Å². The molecule has 9 heteroatoms. The summed E-state index contributed by atoms with van der Waals surface area (Å²) in [4.78, 5) is 38.5. The lowest BCUT2D eigenvalue weighted by atomic mass is 9.98. The molecule has 0 bridgehead atoms. The molecule has 0 radical (unpaired) electrons. The standard InChI is InChI=1S/C31H33ClN2O6/c1-31(2,3)40-29(37)33-27-15-8-14-26(32)24(27)18-34(17-9-16-28(35)36)30(38)39-19-25-22-12-6-4-10-20(22)21-11-5-7-13-23(21)25/h4-8,10-15,25H,9,16-19H2,1-3H3,(H,33,37)(H,35,36). The largest absolute Gasteiger partial charge is 0.481 e. The lowest BCUT2D eigenvalue weighted by molar-refractivity contribution is -0.137. The van der Waals surface area contributed by atoms with E-state index in [1.165, 1.54) is 4.90 Å². The molecule has 0 spiro atoms. The molecule has 0 atom stereocenters. The van der Waals surface area contributed by atoms with Crippen LogP contribution in [0.2, 0.25) is 5.02 Å². The SMILES string of the molecule is CC(C)(C)OC(=O)Nc1cccc(Cl)c1CN(CCCC(=O)O)C(=O)OCC1c2ccccc2-c2ccccc21. The summed E-state index contributed by atoms with van der Waals surface area (Å²) in [6.45, 7) is 5.52. The average molecular weight is 565 g/mol. The molecule has 0 saturated carbocycles. The molecule has 0 heterocycles. The number of anilines is 1. The molecule has 1 aliphatic carbocycles. The first-order chi connectivity index (χ1) is 19.0. The summed E-state index contributed by atoms with van der Waals surface area (Å²) in [7, 11) is 0. The van der Waals surface area contributed by atoms with E-state index in [1.54, 1.807) is 39.0 Å². The first-order valence-electron chi connectivity index (χ1n) is 13.1. The van der Waals surface area contributed by atoms with Crippen LogP contribution in [0.25, 0.3) is 11.1 Å². The second-order valence-electron chi connectivity index (χ2n) is 10.6. The van der Waals surface area contributed by atoms with E-state index in [4.69, 9.17) is 26.2 Å². The smallest absolute Gasteiger partial charge is 0.412 e. The van der Waals surface area contributed by atoms with Gasteiger partial charge in [-0.3, -0.25) is 10.1 Å². The Morgan fingerprint density at radius 3 is 2.17 bits per heavy atom. The van der Waals surface area contributed by atoms with Gasteiger partial charge in [-0.25, -0.2) is 9.59 Å². The van der Waals surface area contributed by atoms with Crippen molar-refractivity contribution in [1.29, 1.82) is 0 Å². The predicted octanol–water partition coefficient (Wildman–Crippen LogP) is 7.30. The van der Waals surface area contributed by atoms with Crippen LogP contribution in [0.4, 0.5) is 15.3 Å². The van der Waals surface area contributed by atoms with E-state index in [0.717, 1.165) is 22.3 Å². The molecule has 0 aromatic heterocycles. The number of carboxylic acids is 1. The minimum Gasteiger partial charge on any atom is -0.481 e. The zero-order chi connectivity index (χ0) is 28.9. The number of carbonyl (C=O) groups excluding carboxylic acids is 2. The van der Waals surface area contributed by atoms with E-state index in [-0.39, 0.29) is 38.5 Å². The summed E-state index contributed by atoms with van der Waals surface area (Å²) in [5, 5.41) is 12.2. The highest BCUT2D eigenvalue weighted by Gasteiger charge is 2.30. The number of fused-ring (bicyclic) bond motifs is 3. The van der Waals surface area contributed by atoms with Gasteiger partial charge in [-0.15, -0.1) is 0 Å². The number of rotatable bonds is 9. The Hall–Kier alpha value is -4.04. The van der Waals surface area contributed by atoms with Crippen LogP contribution in [0.15, 0.2) is 66.7 Å². The van der Waals surface area contributed by atoms with Crippen LogP contribution in [0.1, 0.15) is 56.2 Å². The zero-order valence-corrected chi connectivity index (χ0v) is 23.5. The number of aliphatic carboxylic acids is 1. The molecular weight excluding hydrogens is 532 g/mol. The van der Waals surface area contributed by atoms with Crippen LogP contribution < -0.4 is 5.32 Å². The number of benzene rings is 3. The molecule has 2 N–H and O–H groups in total. The maximum Gasteiger partial charge on any atom is 0.412 e. The summed E-state index contributed by atoms with van der Waals surface area (Å²) in [6, 6.07) is 21.1. The highest BCUT2D eigenvalue weighted by molar-refractivity contribution is 6.31. The average Bonchev–Trinajstić information content (AvgIpc) is 3.20. The third kappa shape index (κ3) is 7.12. The van der Waals surface area contributed by atoms with Crippen LogP contribution >= 0.6 is 11.6 Å². The van der Waals surface area contributed by atoms with Gasteiger partial charge in [0.05, 0.1) is 12.2 Å². The van der Waals surface area contributed by atoms with Gasteiger partial charge in [0.15, 0.2) is 0 Å². The van der Waals surface area contributed by atoms with Crippen molar-refractivity contribution >= 4 is 35.4 Å². The van der Waals surface area contributed by atoms with Gasteiger partial charge in [-0.1, -0.05) is 66.2 Å². The quantitative estimate of drug-likeness (QED) is 0.282. The number of halogens is 1. The maximum atomic E-state index is 13.4. The number of carboxylic acid groups (broad SMARTS) is 1. The summed E-state index contributed by atoms with van der Waals surface area (Å²) in [5.74, 6) is -1.08. The molecule has 1 aliphatic rings. The van der Waals surface area contributed by atoms with Crippen molar-refractivity contribution < 1.29 is 29.0 Å². The van der Waals surface area contributed by atoms with Crippen molar-refractivity contribution in [3.8, 4) is 11.1 Å². The molecule has 210 valence electrons. The van der Waals surface area contributed by atoms with Crippen molar-refractivity contribution in [3.05, 3.63) is 88.4 Å². The van der Waals surface area contributed by atoms with Crippen LogP contribution in [0, 0.1) is 0 Å². The van der Waals surface area contributed by atoms with Gasteiger partial charge < -0.3 is 19.5 Å². The number of carbonyl (C=O) groups is 3. The molecule has 3 aromatic rings. The Morgan fingerprint density at radius 1 is 0.950 bits per heavy atom. The van der Waals surface area contributed by atoms with Gasteiger partial charge in [-0.2, -0.15) is 0 Å². The molecule has 4 rings (SSSR count). The molecule has 0 fully saturated rings. The molecule has 2 amide bonds. The van der Waals surface area contributed by atoms with Crippen LogP contribution in [-0.2, 0) is 20.8 Å². The lowest BCUT2D eigenvalue weighted by Crippen LogP contribution is -2.34. The Kier molecular flexibility index (Phi) is 9.00. The van der Waals surface area contributed by atoms with Gasteiger partial charge in [0.2, 0.25) is 0 Å². The van der Waals surface area contributed by atoms with Gasteiger partial charge in [0.1, 0.15) is 12.2 Å². The lowest BCUT2D eigenvalue weighted by Gasteiger charge is -2.25. The maximum absolute atomic E-state index is 13.4. The van der Waals surface area contributed by atoms with Gasteiger partial charge >= 0.3 is 18.2 Å². The highest BCUT2D eigenvalue weighted by Crippen LogP contribution is 2.44. The molecule has 8 nitrogen and oxygen atoms in total. The van der Waals surface area contributed by atoms with Crippen molar-refractivity contribution in [2.75, 3.05) is 18.5 Å². The summed E-state index contributed by atoms with van der Waals surface area (Å²) >= 11 is 6.51. The number of hydrogen-bond donors (Lipinski definition) is 2. The van der Waals surface area contributed by atoms with Crippen molar-refractivity contribution in [2.24, 2.45) is 0 Å². The number of nitrogens with zero attached hydrogens (tertiary/aromatic N) is 1. The summed E-state index contributed by atoms with van der Waals surface area (Å²) < 4.78 is 11.2. The third-order valence-corrected chi connectivity index (χ3v) is 6.87. The second kappa shape index (κ2) is 12.4. The Balaban J connectivity index is 1.53. The third-order valence-electron chi connectivity index (χ3n) is 6.52. The van der Waals surface area contributed by atoms with E-state index < -0.39 is 23.8 Å². The molecule has 3 aromatic carbocycles. The highest BCUT2D eigenvalue weighted by atomic mass is 35.5. The molecular formula is C31H33ClN2O6. The molecule has 0 aliphatic heterocycles. The minimum absolute atomic E-state index is 0.00109. The van der Waals surface area contributed by atoms with Crippen molar-refractivity contribution in [2.45, 2.75) is 51.7 Å². The number of nitrogens with one attached hydrogen (secondary N) is 1. The first-order valence-corrected chi connectivity index (χ1v) is 13.5. The fourth-order valence-electron chi connectivity index (χ4n) is 4.78. The van der Waals surface area contributed by atoms with Gasteiger partial charge in [-0.05, 0) is 61.6 Å². The summed E-state index contributed by atoms with van der Waals surface area (Å²) in [5.41, 5.74) is 4.58. The van der Waals surface area contributed by atoms with Crippen LogP contribution in [0.5, 0.6) is 0 Å².